The molecule has 0 fully saturated rings. The maximum absolute atomic E-state index is 12.2. The van der Waals surface area contributed by atoms with E-state index in [0.717, 1.165) is 24.8 Å². The minimum absolute atomic E-state index is 0.102. The summed E-state index contributed by atoms with van der Waals surface area (Å²) in [7, 11) is 0. The molecule has 5 heteroatoms. The van der Waals surface area contributed by atoms with Crippen molar-refractivity contribution in [2.75, 3.05) is 6.54 Å². The van der Waals surface area contributed by atoms with Crippen LogP contribution in [-0.2, 0) is 12.8 Å². The van der Waals surface area contributed by atoms with E-state index in [9.17, 15) is 9.90 Å². The van der Waals surface area contributed by atoms with Gasteiger partial charge in [0.15, 0.2) is 0 Å². The first kappa shape index (κ1) is 13.4. The number of aliphatic hydroxyl groups is 1. The Balaban J connectivity index is 1.63. The predicted molar refractivity (Wildman–Crippen MR) is 77.0 cm³/mol. The van der Waals surface area contributed by atoms with Gasteiger partial charge in [0.1, 0.15) is 11.9 Å². The van der Waals surface area contributed by atoms with Gasteiger partial charge in [0.05, 0.1) is 18.4 Å². The molecule has 1 atom stereocenters. The number of hydrogen-bond acceptors (Lipinski definition) is 4. The van der Waals surface area contributed by atoms with E-state index in [0.29, 0.717) is 5.76 Å². The van der Waals surface area contributed by atoms with Crippen molar-refractivity contribution in [3.8, 4) is 0 Å². The first-order valence-electron chi connectivity index (χ1n) is 6.84. The van der Waals surface area contributed by atoms with Crippen LogP contribution in [0.3, 0.4) is 0 Å². The summed E-state index contributed by atoms with van der Waals surface area (Å²) in [5, 5.41) is 14.6. The summed E-state index contributed by atoms with van der Waals surface area (Å²) in [5.41, 5.74) is 1.97. The molecule has 0 aromatic carbocycles. The summed E-state index contributed by atoms with van der Waals surface area (Å²) in [6.07, 6.45) is 5.15. The lowest BCUT2D eigenvalue weighted by molar-refractivity contribution is 0.0900. The number of thiophene rings is 1. The third kappa shape index (κ3) is 2.64. The molecule has 1 aliphatic carbocycles. The normalized spacial score (nSPS) is 15.7. The molecule has 2 heterocycles. The summed E-state index contributed by atoms with van der Waals surface area (Å²) in [6.45, 7) is 0.164. The van der Waals surface area contributed by atoms with E-state index in [1.165, 1.54) is 23.1 Å². The van der Waals surface area contributed by atoms with Crippen molar-refractivity contribution >= 4 is 17.2 Å². The Kier molecular flexibility index (Phi) is 3.89. The van der Waals surface area contributed by atoms with Gasteiger partial charge in [0.25, 0.3) is 5.91 Å². The maximum Gasteiger partial charge on any atom is 0.252 e. The third-order valence-corrected chi connectivity index (χ3v) is 4.72. The van der Waals surface area contributed by atoms with Crippen LogP contribution in [0.25, 0.3) is 0 Å². The molecule has 0 bridgehead atoms. The highest BCUT2D eigenvalue weighted by Gasteiger charge is 2.20. The second kappa shape index (κ2) is 5.81. The zero-order valence-electron chi connectivity index (χ0n) is 11.1. The second-order valence-corrected chi connectivity index (χ2v) is 5.96. The van der Waals surface area contributed by atoms with Crippen molar-refractivity contribution in [3.63, 3.8) is 0 Å². The number of nitrogens with one attached hydrogen (secondary N) is 1. The van der Waals surface area contributed by atoms with E-state index in [1.807, 2.05) is 5.38 Å². The van der Waals surface area contributed by atoms with E-state index in [2.05, 4.69) is 5.32 Å². The number of aryl methyl sites for hydroxylation is 1. The Hall–Kier alpha value is -1.59. The fourth-order valence-corrected chi connectivity index (χ4v) is 3.68. The van der Waals surface area contributed by atoms with Gasteiger partial charge in [-0.15, -0.1) is 11.3 Å². The van der Waals surface area contributed by atoms with Gasteiger partial charge in [-0.25, -0.2) is 0 Å². The summed E-state index contributed by atoms with van der Waals surface area (Å²) in [5.74, 6) is 0.368. The summed E-state index contributed by atoms with van der Waals surface area (Å²) in [4.78, 5) is 13.5. The van der Waals surface area contributed by atoms with E-state index < -0.39 is 6.10 Å². The van der Waals surface area contributed by atoms with Gasteiger partial charge in [-0.3, -0.25) is 4.79 Å². The van der Waals surface area contributed by atoms with Crippen LogP contribution in [-0.4, -0.2) is 17.6 Å². The van der Waals surface area contributed by atoms with Crippen molar-refractivity contribution in [2.45, 2.75) is 31.8 Å². The molecule has 0 radical (unpaired) electrons. The van der Waals surface area contributed by atoms with E-state index in [-0.39, 0.29) is 12.5 Å². The van der Waals surface area contributed by atoms with Gasteiger partial charge in [-0.2, -0.15) is 0 Å². The van der Waals surface area contributed by atoms with Crippen LogP contribution in [0, 0.1) is 0 Å². The Morgan fingerprint density at radius 1 is 1.45 bits per heavy atom. The van der Waals surface area contributed by atoms with E-state index in [4.69, 9.17) is 4.42 Å². The van der Waals surface area contributed by atoms with Gasteiger partial charge in [0.2, 0.25) is 0 Å². The average Bonchev–Trinajstić information content (AvgIpc) is 3.13. The number of rotatable bonds is 4. The lowest BCUT2D eigenvalue weighted by Crippen LogP contribution is -2.28. The van der Waals surface area contributed by atoms with Crippen LogP contribution in [0.1, 0.15) is 45.5 Å². The maximum atomic E-state index is 12.2. The van der Waals surface area contributed by atoms with Crippen LogP contribution < -0.4 is 5.32 Å². The molecule has 2 aromatic rings. The average molecular weight is 291 g/mol. The quantitative estimate of drug-likeness (QED) is 0.910. The number of carbonyl (C=O) groups is 1. The number of carbonyl (C=O) groups excluding carboxylic acids is 1. The standard InChI is InChI=1S/C15H17NO3S/c17-12(13-5-3-7-19-13)8-16-15(18)11-9-20-14-6-2-1-4-10(11)14/h3,5,7,9,12,17H,1-2,4,6,8H2,(H,16,18). The molecule has 106 valence electrons. The molecule has 0 saturated heterocycles. The molecule has 2 aromatic heterocycles. The number of hydrogen-bond donors (Lipinski definition) is 2. The summed E-state index contributed by atoms with van der Waals surface area (Å²) < 4.78 is 5.11. The Morgan fingerprint density at radius 2 is 2.30 bits per heavy atom. The zero-order valence-corrected chi connectivity index (χ0v) is 11.9. The lowest BCUT2D eigenvalue weighted by atomic mass is 9.95. The van der Waals surface area contributed by atoms with Gasteiger partial charge < -0.3 is 14.8 Å². The van der Waals surface area contributed by atoms with Crippen molar-refractivity contribution in [1.29, 1.82) is 0 Å². The largest absolute Gasteiger partial charge is 0.467 e. The highest BCUT2D eigenvalue weighted by Crippen LogP contribution is 2.30. The smallest absolute Gasteiger partial charge is 0.252 e. The van der Waals surface area contributed by atoms with Crippen molar-refractivity contribution in [3.05, 3.63) is 45.5 Å². The number of aliphatic hydroxyl groups excluding tert-OH is 1. The minimum Gasteiger partial charge on any atom is -0.467 e. The topological polar surface area (TPSA) is 62.5 Å². The van der Waals surface area contributed by atoms with Gasteiger partial charge in [-0.1, -0.05) is 0 Å². The van der Waals surface area contributed by atoms with Crippen LogP contribution >= 0.6 is 11.3 Å². The highest BCUT2D eigenvalue weighted by atomic mass is 32.1. The Bertz CT molecular complexity index is 588. The van der Waals surface area contributed by atoms with Crippen LogP contribution in [0.4, 0.5) is 0 Å². The minimum atomic E-state index is -0.802. The predicted octanol–water partition coefficient (Wildman–Crippen LogP) is 2.68. The number of fused-ring (bicyclic) bond motifs is 1. The summed E-state index contributed by atoms with van der Waals surface area (Å²) in [6, 6.07) is 3.42. The highest BCUT2D eigenvalue weighted by molar-refractivity contribution is 7.10. The van der Waals surface area contributed by atoms with Crippen LogP contribution in [0.2, 0.25) is 0 Å². The molecule has 20 heavy (non-hydrogen) atoms. The molecule has 1 amide bonds. The fraction of sp³-hybridized carbons (Fsp3) is 0.400. The first-order chi connectivity index (χ1) is 9.75. The lowest BCUT2D eigenvalue weighted by Gasteiger charge is -2.13. The van der Waals surface area contributed by atoms with Crippen LogP contribution in [0.5, 0.6) is 0 Å². The van der Waals surface area contributed by atoms with Gasteiger partial charge in [0, 0.05) is 10.3 Å². The van der Waals surface area contributed by atoms with Gasteiger partial charge in [-0.05, 0) is 43.4 Å². The first-order valence-corrected chi connectivity index (χ1v) is 7.72. The molecule has 0 aliphatic heterocycles. The third-order valence-electron chi connectivity index (χ3n) is 3.63. The molecular weight excluding hydrogens is 274 g/mol. The molecule has 2 N–H and O–H groups in total. The molecule has 1 unspecified atom stereocenters. The second-order valence-electron chi connectivity index (χ2n) is 5.00. The molecule has 0 saturated carbocycles. The van der Waals surface area contributed by atoms with Crippen molar-refractivity contribution in [2.24, 2.45) is 0 Å². The zero-order chi connectivity index (χ0) is 13.9. The van der Waals surface area contributed by atoms with Gasteiger partial charge >= 0.3 is 0 Å². The number of furan rings is 1. The Labute approximate surface area is 121 Å². The van der Waals surface area contributed by atoms with E-state index in [1.54, 1.807) is 23.5 Å². The van der Waals surface area contributed by atoms with Crippen molar-refractivity contribution in [1.82, 2.24) is 5.32 Å². The van der Waals surface area contributed by atoms with E-state index >= 15 is 0 Å². The molecule has 1 aliphatic rings. The fourth-order valence-electron chi connectivity index (χ4n) is 2.55. The molecule has 4 nitrogen and oxygen atoms in total. The SMILES string of the molecule is O=C(NCC(O)c1ccco1)c1csc2c1CCCC2. The monoisotopic (exact) mass is 291 g/mol. The van der Waals surface area contributed by atoms with Crippen molar-refractivity contribution < 1.29 is 14.3 Å². The summed E-state index contributed by atoms with van der Waals surface area (Å²) >= 11 is 1.67. The Morgan fingerprint density at radius 3 is 3.10 bits per heavy atom. The molecule has 0 spiro atoms. The molecular formula is C15H17NO3S. The molecule has 3 rings (SSSR count). The number of amides is 1. The van der Waals surface area contributed by atoms with Crippen LogP contribution in [0.15, 0.2) is 28.2 Å².